The molecule has 0 bridgehead atoms. The topological polar surface area (TPSA) is 37.3 Å². The van der Waals surface area contributed by atoms with Gasteiger partial charge in [0.15, 0.2) is 0 Å². The molecule has 0 aliphatic heterocycles. The zero-order valence-electron chi connectivity index (χ0n) is 13.5. The van der Waals surface area contributed by atoms with Crippen LogP contribution in [0.5, 0.6) is 0 Å². The quantitative estimate of drug-likeness (QED) is 0.556. The lowest BCUT2D eigenvalue weighted by Gasteiger charge is -2.22. The number of allylic oxidation sites excluding steroid dienone is 9. The Hall–Kier alpha value is -1.83. The largest absolute Gasteiger partial charge is 0.478 e. The summed E-state index contributed by atoms with van der Waals surface area (Å²) in [4.78, 5) is 10.5. The lowest BCUT2D eigenvalue weighted by molar-refractivity contribution is -0.131. The molecule has 0 saturated heterocycles. The van der Waals surface area contributed by atoms with Gasteiger partial charge in [-0.1, -0.05) is 48.5 Å². The van der Waals surface area contributed by atoms with Crippen molar-refractivity contribution in [3.05, 3.63) is 58.7 Å². The van der Waals surface area contributed by atoms with Crippen LogP contribution in [-0.4, -0.2) is 11.1 Å². The molecule has 1 aliphatic carbocycles. The van der Waals surface area contributed by atoms with Crippen molar-refractivity contribution in [3.8, 4) is 0 Å². The first-order valence-electron chi connectivity index (χ1n) is 7.54. The zero-order chi connectivity index (χ0) is 15.8. The first-order valence-corrected chi connectivity index (χ1v) is 7.54. The van der Waals surface area contributed by atoms with Gasteiger partial charge in [0.2, 0.25) is 0 Å². The highest BCUT2D eigenvalue weighted by Crippen LogP contribution is 2.30. The molecule has 0 aromatic heterocycles. The second kappa shape index (κ2) is 8.46. The summed E-state index contributed by atoms with van der Waals surface area (Å²) < 4.78 is 0. The van der Waals surface area contributed by atoms with E-state index >= 15 is 0 Å². The molecular weight excluding hydrogens is 260 g/mol. The van der Waals surface area contributed by atoms with Gasteiger partial charge in [-0.2, -0.15) is 0 Å². The van der Waals surface area contributed by atoms with Gasteiger partial charge in [-0.05, 0) is 57.1 Å². The molecule has 0 unspecified atom stereocenters. The molecule has 2 heteroatoms. The van der Waals surface area contributed by atoms with Crippen LogP contribution < -0.4 is 0 Å². The molecule has 2 nitrogen and oxygen atoms in total. The van der Waals surface area contributed by atoms with E-state index in [-0.39, 0.29) is 0 Å². The van der Waals surface area contributed by atoms with Crippen molar-refractivity contribution in [1.82, 2.24) is 0 Å². The van der Waals surface area contributed by atoms with E-state index in [1.54, 1.807) is 13.0 Å². The Morgan fingerprint density at radius 1 is 1.24 bits per heavy atom. The fourth-order valence-electron chi connectivity index (χ4n) is 2.57. The van der Waals surface area contributed by atoms with Crippen LogP contribution in [0.2, 0.25) is 0 Å². The molecule has 1 N–H and O–H groups in total. The van der Waals surface area contributed by atoms with E-state index in [9.17, 15) is 4.79 Å². The van der Waals surface area contributed by atoms with Crippen LogP contribution in [0.3, 0.4) is 0 Å². The molecule has 1 rings (SSSR count). The van der Waals surface area contributed by atoms with E-state index in [1.165, 1.54) is 36.5 Å². The first kappa shape index (κ1) is 17.2. The molecule has 114 valence electrons. The van der Waals surface area contributed by atoms with Gasteiger partial charge < -0.3 is 5.11 Å². The number of hydrogen-bond donors (Lipinski definition) is 1. The fraction of sp³-hybridized carbons (Fsp3) is 0.421. The Labute approximate surface area is 128 Å². The van der Waals surface area contributed by atoms with Crippen LogP contribution >= 0.6 is 0 Å². The van der Waals surface area contributed by atoms with Crippen LogP contribution in [0.4, 0.5) is 0 Å². The lowest BCUT2D eigenvalue weighted by atomic mass is 9.84. The van der Waals surface area contributed by atoms with Crippen molar-refractivity contribution in [2.24, 2.45) is 5.92 Å². The fourth-order valence-corrected chi connectivity index (χ4v) is 2.57. The molecule has 0 heterocycles. The van der Waals surface area contributed by atoms with Gasteiger partial charge in [-0.15, -0.1) is 0 Å². The molecule has 0 fully saturated rings. The van der Waals surface area contributed by atoms with E-state index in [4.69, 9.17) is 5.11 Å². The minimum atomic E-state index is -0.911. The van der Waals surface area contributed by atoms with Crippen LogP contribution in [0.1, 0.15) is 47.0 Å². The number of carboxylic acids is 1. The standard InChI is InChI=1S/C19H26O2/c1-14(7-5-8-15(2)13-19(20)21)11-12-18-16(3)9-6-10-17(18)4/h5,7-8,11-13,16H,6,9-10H2,1-4H3,(H,20,21)/b8-5+,12-11+,14-7+,15-13+/t16-/m1/s1. The molecular formula is C19H26O2. The Kier molecular flexibility index (Phi) is 6.93. The Morgan fingerprint density at radius 3 is 2.57 bits per heavy atom. The molecule has 0 saturated carbocycles. The van der Waals surface area contributed by atoms with Crippen LogP contribution in [0, 0.1) is 5.92 Å². The lowest BCUT2D eigenvalue weighted by Crippen LogP contribution is -2.06. The SMILES string of the molecule is CC1=C(/C=C/C(C)=C/C=C/C(C)=C/C(=O)O)[C@H](C)CCC1. The van der Waals surface area contributed by atoms with Gasteiger partial charge in [0.25, 0.3) is 0 Å². The van der Waals surface area contributed by atoms with Gasteiger partial charge >= 0.3 is 5.97 Å². The number of aliphatic carboxylic acids is 1. The normalized spacial score (nSPS) is 21.6. The molecule has 0 spiro atoms. The number of rotatable bonds is 5. The van der Waals surface area contributed by atoms with Crippen molar-refractivity contribution in [2.45, 2.75) is 47.0 Å². The summed E-state index contributed by atoms with van der Waals surface area (Å²) in [5.74, 6) is -0.259. The molecule has 0 radical (unpaired) electrons. The average molecular weight is 286 g/mol. The molecule has 0 aromatic carbocycles. The molecule has 0 amide bonds. The molecule has 0 aromatic rings. The smallest absolute Gasteiger partial charge is 0.328 e. The minimum Gasteiger partial charge on any atom is -0.478 e. The Bertz CT molecular complexity index is 528. The maximum absolute atomic E-state index is 10.5. The van der Waals surface area contributed by atoms with Gasteiger partial charge in [0.1, 0.15) is 0 Å². The second-order valence-electron chi connectivity index (χ2n) is 5.86. The molecule has 21 heavy (non-hydrogen) atoms. The summed E-state index contributed by atoms with van der Waals surface area (Å²) in [6, 6.07) is 0. The summed E-state index contributed by atoms with van der Waals surface area (Å²) in [5, 5.41) is 8.63. The summed E-state index contributed by atoms with van der Waals surface area (Å²) >= 11 is 0. The van der Waals surface area contributed by atoms with Gasteiger partial charge in [-0.25, -0.2) is 4.79 Å². The minimum absolute atomic E-state index is 0.652. The average Bonchev–Trinajstić information content (AvgIpc) is 2.37. The van der Waals surface area contributed by atoms with Crippen molar-refractivity contribution in [2.75, 3.05) is 0 Å². The summed E-state index contributed by atoms with van der Waals surface area (Å²) in [6.45, 7) is 8.36. The van der Waals surface area contributed by atoms with Gasteiger partial charge in [0.05, 0.1) is 0 Å². The first-order chi connectivity index (χ1) is 9.90. The van der Waals surface area contributed by atoms with E-state index < -0.39 is 5.97 Å². The Balaban J connectivity index is 2.70. The number of hydrogen-bond acceptors (Lipinski definition) is 1. The van der Waals surface area contributed by atoms with Crippen molar-refractivity contribution in [3.63, 3.8) is 0 Å². The Morgan fingerprint density at radius 2 is 1.95 bits per heavy atom. The predicted molar refractivity (Wildman–Crippen MR) is 89.1 cm³/mol. The van der Waals surface area contributed by atoms with Crippen molar-refractivity contribution < 1.29 is 9.90 Å². The van der Waals surface area contributed by atoms with E-state index in [0.717, 1.165) is 11.1 Å². The van der Waals surface area contributed by atoms with Crippen LogP contribution in [0.15, 0.2) is 58.7 Å². The third-order valence-electron chi connectivity index (χ3n) is 3.81. The monoisotopic (exact) mass is 286 g/mol. The summed E-state index contributed by atoms with van der Waals surface area (Å²) in [6.07, 6.45) is 15.1. The zero-order valence-corrected chi connectivity index (χ0v) is 13.5. The third-order valence-corrected chi connectivity index (χ3v) is 3.81. The molecule has 1 atom stereocenters. The maximum atomic E-state index is 10.5. The second-order valence-corrected chi connectivity index (χ2v) is 5.86. The highest BCUT2D eigenvalue weighted by atomic mass is 16.4. The predicted octanol–water partition coefficient (Wildman–Crippen LogP) is 5.21. The summed E-state index contributed by atoms with van der Waals surface area (Å²) in [7, 11) is 0. The highest BCUT2D eigenvalue weighted by Gasteiger charge is 2.14. The third kappa shape index (κ3) is 6.44. The van der Waals surface area contributed by atoms with E-state index in [0.29, 0.717) is 5.92 Å². The number of carbonyl (C=O) groups is 1. The van der Waals surface area contributed by atoms with Crippen molar-refractivity contribution in [1.29, 1.82) is 0 Å². The van der Waals surface area contributed by atoms with Crippen LogP contribution in [-0.2, 0) is 4.79 Å². The molecule has 1 aliphatic rings. The number of carboxylic acid groups (broad SMARTS) is 1. The summed E-state index contributed by atoms with van der Waals surface area (Å²) in [5.41, 5.74) is 4.87. The van der Waals surface area contributed by atoms with Crippen molar-refractivity contribution >= 4 is 5.97 Å². The highest BCUT2D eigenvalue weighted by molar-refractivity contribution is 5.81. The van der Waals surface area contributed by atoms with E-state index in [2.05, 4.69) is 32.9 Å². The van der Waals surface area contributed by atoms with Crippen LogP contribution in [0.25, 0.3) is 0 Å². The van der Waals surface area contributed by atoms with Gasteiger partial charge in [-0.3, -0.25) is 0 Å². The van der Waals surface area contributed by atoms with Gasteiger partial charge in [0, 0.05) is 6.08 Å². The maximum Gasteiger partial charge on any atom is 0.328 e. The van der Waals surface area contributed by atoms with E-state index in [1.807, 2.05) is 12.2 Å².